The van der Waals surface area contributed by atoms with Crippen LogP contribution >= 0.6 is 0 Å². The van der Waals surface area contributed by atoms with Crippen molar-refractivity contribution in [2.75, 3.05) is 14.2 Å². The van der Waals surface area contributed by atoms with Crippen LogP contribution in [0.25, 0.3) is 22.4 Å². The maximum atomic E-state index is 11.9. The van der Waals surface area contributed by atoms with Crippen molar-refractivity contribution >= 4 is 6.29 Å². The van der Waals surface area contributed by atoms with Gasteiger partial charge in [0.2, 0.25) is 0 Å². The maximum absolute atomic E-state index is 11.9. The summed E-state index contributed by atoms with van der Waals surface area (Å²) >= 11 is 0. The second kappa shape index (κ2) is 6.64. The second-order valence-electron chi connectivity index (χ2n) is 6.82. The molecule has 6 nitrogen and oxygen atoms in total. The molecular formula is C22H21NO5. The fourth-order valence-electron chi connectivity index (χ4n) is 4.05. The third-order valence-electron chi connectivity index (χ3n) is 5.40. The number of ether oxygens (including phenoxy) is 2. The molecule has 28 heavy (non-hydrogen) atoms. The van der Waals surface area contributed by atoms with Gasteiger partial charge in [-0.2, -0.15) is 0 Å². The molecule has 2 aromatic carbocycles. The normalized spacial score (nSPS) is 12.2. The molecule has 2 N–H and O–H groups in total. The van der Waals surface area contributed by atoms with Crippen LogP contribution < -0.4 is 9.47 Å². The third kappa shape index (κ3) is 2.52. The lowest BCUT2D eigenvalue weighted by molar-refractivity contribution is 0.111. The highest BCUT2D eigenvalue weighted by Gasteiger charge is 2.28. The topological polar surface area (TPSA) is 80.9 Å². The molecule has 144 valence electrons. The van der Waals surface area contributed by atoms with E-state index in [0.29, 0.717) is 30.2 Å². The van der Waals surface area contributed by atoms with E-state index in [0.717, 1.165) is 39.8 Å². The van der Waals surface area contributed by atoms with Crippen molar-refractivity contribution in [1.29, 1.82) is 0 Å². The SMILES string of the molecule is COc1cc(-c2c(C)c(C=O)n3c2-c2cc(OC)c(O)cc2CC3)ccc1O. The Hall–Kier alpha value is -3.41. The summed E-state index contributed by atoms with van der Waals surface area (Å²) in [5, 5.41) is 20.1. The predicted molar refractivity (Wildman–Crippen MR) is 106 cm³/mol. The molecule has 2 heterocycles. The van der Waals surface area contributed by atoms with E-state index in [4.69, 9.17) is 9.47 Å². The lowest BCUT2D eigenvalue weighted by atomic mass is 9.92. The number of aromatic hydroxyl groups is 2. The second-order valence-corrected chi connectivity index (χ2v) is 6.82. The molecule has 1 aliphatic heterocycles. The molecule has 0 amide bonds. The highest BCUT2D eigenvalue weighted by Crippen LogP contribution is 2.46. The molecule has 0 aliphatic carbocycles. The average molecular weight is 379 g/mol. The van der Waals surface area contributed by atoms with Gasteiger partial charge in [0.05, 0.1) is 25.6 Å². The van der Waals surface area contributed by atoms with Crippen molar-refractivity contribution in [1.82, 2.24) is 4.57 Å². The van der Waals surface area contributed by atoms with E-state index < -0.39 is 0 Å². The predicted octanol–water partition coefficient (Wildman–Crippen LogP) is 3.93. The van der Waals surface area contributed by atoms with Gasteiger partial charge >= 0.3 is 0 Å². The highest BCUT2D eigenvalue weighted by atomic mass is 16.5. The van der Waals surface area contributed by atoms with Crippen molar-refractivity contribution in [3.05, 3.63) is 47.2 Å². The zero-order chi connectivity index (χ0) is 20.0. The molecule has 0 fully saturated rings. The van der Waals surface area contributed by atoms with Crippen LogP contribution in [0.4, 0.5) is 0 Å². The zero-order valence-electron chi connectivity index (χ0n) is 15.9. The van der Waals surface area contributed by atoms with Gasteiger partial charge in [-0.3, -0.25) is 4.79 Å². The van der Waals surface area contributed by atoms with E-state index in [1.165, 1.54) is 14.2 Å². The van der Waals surface area contributed by atoms with E-state index in [-0.39, 0.29) is 11.5 Å². The van der Waals surface area contributed by atoms with Gasteiger partial charge < -0.3 is 24.3 Å². The fraction of sp³-hybridized carbons (Fsp3) is 0.227. The fourth-order valence-corrected chi connectivity index (χ4v) is 4.05. The number of phenols is 2. The average Bonchev–Trinajstić information content (AvgIpc) is 2.99. The number of carbonyl (C=O) groups excluding carboxylic acids is 1. The minimum absolute atomic E-state index is 0.0552. The van der Waals surface area contributed by atoms with Crippen LogP contribution in [0.5, 0.6) is 23.0 Å². The molecule has 0 saturated heterocycles. The molecular weight excluding hydrogens is 358 g/mol. The summed E-state index contributed by atoms with van der Waals surface area (Å²) in [6, 6.07) is 8.69. The van der Waals surface area contributed by atoms with E-state index in [1.54, 1.807) is 18.2 Å². The Labute approximate surface area is 162 Å². The minimum Gasteiger partial charge on any atom is -0.504 e. The van der Waals surface area contributed by atoms with Crippen LogP contribution in [-0.4, -0.2) is 35.3 Å². The van der Waals surface area contributed by atoms with Crippen LogP contribution in [0.3, 0.4) is 0 Å². The molecule has 4 rings (SSSR count). The van der Waals surface area contributed by atoms with E-state index in [9.17, 15) is 15.0 Å². The number of methoxy groups -OCH3 is 2. The summed E-state index contributed by atoms with van der Waals surface area (Å²) in [4.78, 5) is 11.9. The summed E-state index contributed by atoms with van der Waals surface area (Å²) in [5.74, 6) is 0.901. The Morgan fingerprint density at radius 3 is 2.43 bits per heavy atom. The van der Waals surface area contributed by atoms with Crippen LogP contribution in [0.15, 0.2) is 30.3 Å². The number of hydrogen-bond acceptors (Lipinski definition) is 5. The first-order valence-electron chi connectivity index (χ1n) is 8.96. The summed E-state index contributed by atoms with van der Waals surface area (Å²) in [6.45, 7) is 2.55. The first kappa shape index (κ1) is 18.0. The number of nitrogens with zero attached hydrogens (tertiary/aromatic N) is 1. The molecule has 0 bridgehead atoms. The largest absolute Gasteiger partial charge is 0.504 e. The summed E-state index contributed by atoms with van der Waals surface area (Å²) in [5.41, 5.74) is 6.02. The summed E-state index contributed by atoms with van der Waals surface area (Å²) in [6.07, 6.45) is 1.58. The molecule has 0 saturated carbocycles. The van der Waals surface area contributed by atoms with Gasteiger partial charge in [-0.05, 0) is 54.3 Å². The van der Waals surface area contributed by atoms with Gasteiger partial charge in [0, 0.05) is 17.7 Å². The molecule has 0 unspecified atom stereocenters. The molecule has 1 aliphatic rings. The first-order chi connectivity index (χ1) is 13.5. The molecule has 0 atom stereocenters. The van der Waals surface area contributed by atoms with Crippen molar-refractivity contribution in [3.8, 4) is 45.4 Å². The summed E-state index contributed by atoms with van der Waals surface area (Å²) < 4.78 is 12.6. The third-order valence-corrected chi connectivity index (χ3v) is 5.40. The van der Waals surface area contributed by atoms with Gasteiger partial charge in [-0.15, -0.1) is 0 Å². The Morgan fingerprint density at radius 2 is 1.75 bits per heavy atom. The highest BCUT2D eigenvalue weighted by molar-refractivity contribution is 5.94. The number of aldehydes is 1. The molecule has 0 radical (unpaired) electrons. The van der Waals surface area contributed by atoms with Crippen molar-refractivity contribution < 1.29 is 24.5 Å². The number of benzene rings is 2. The zero-order valence-corrected chi connectivity index (χ0v) is 15.9. The quantitative estimate of drug-likeness (QED) is 0.672. The molecule has 1 aromatic heterocycles. The number of rotatable bonds is 4. The van der Waals surface area contributed by atoms with Crippen molar-refractivity contribution in [2.45, 2.75) is 19.9 Å². The van der Waals surface area contributed by atoms with Crippen molar-refractivity contribution in [3.63, 3.8) is 0 Å². The van der Waals surface area contributed by atoms with Crippen LogP contribution in [0.2, 0.25) is 0 Å². The molecule has 6 heteroatoms. The Balaban J connectivity index is 2.05. The Bertz CT molecular complexity index is 1100. The number of fused-ring (bicyclic) bond motifs is 3. The molecule has 3 aromatic rings. The van der Waals surface area contributed by atoms with E-state index >= 15 is 0 Å². The summed E-state index contributed by atoms with van der Waals surface area (Å²) in [7, 11) is 3.01. The van der Waals surface area contributed by atoms with Gasteiger partial charge in [0.15, 0.2) is 29.3 Å². The number of carbonyl (C=O) groups is 1. The van der Waals surface area contributed by atoms with Crippen LogP contribution in [0.1, 0.15) is 21.6 Å². The van der Waals surface area contributed by atoms with Gasteiger partial charge in [0.25, 0.3) is 0 Å². The Morgan fingerprint density at radius 1 is 1.04 bits per heavy atom. The molecule has 0 spiro atoms. The van der Waals surface area contributed by atoms with Gasteiger partial charge in [0.1, 0.15) is 0 Å². The van der Waals surface area contributed by atoms with E-state index in [2.05, 4.69) is 0 Å². The number of hydrogen-bond donors (Lipinski definition) is 2. The number of aromatic nitrogens is 1. The number of aryl methyl sites for hydroxylation is 1. The van der Waals surface area contributed by atoms with Gasteiger partial charge in [-0.25, -0.2) is 0 Å². The maximum Gasteiger partial charge on any atom is 0.166 e. The lowest BCUT2D eigenvalue weighted by Crippen LogP contribution is -2.13. The van der Waals surface area contributed by atoms with Crippen LogP contribution in [-0.2, 0) is 13.0 Å². The van der Waals surface area contributed by atoms with Crippen molar-refractivity contribution in [2.24, 2.45) is 0 Å². The smallest absolute Gasteiger partial charge is 0.166 e. The minimum atomic E-state index is 0.0552. The number of phenolic OH excluding ortho intramolecular Hbond substituents is 2. The Kier molecular flexibility index (Phi) is 4.26. The lowest BCUT2D eigenvalue weighted by Gasteiger charge is -2.23. The van der Waals surface area contributed by atoms with Crippen LogP contribution in [0, 0.1) is 6.92 Å². The first-order valence-corrected chi connectivity index (χ1v) is 8.96. The van der Waals surface area contributed by atoms with Gasteiger partial charge in [-0.1, -0.05) is 6.07 Å². The van der Waals surface area contributed by atoms with E-state index in [1.807, 2.05) is 23.6 Å². The standard InChI is InChI=1S/C22H21NO5/c1-12-16(11-24)23-7-6-13-8-18(26)20(28-3)10-15(13)22(23)21(12)14-4-5-17(25)19(9-14)27-2/h4-5,8-11,25-26H,6-7H2,1-3H3. The monoisotopic (exact) mass is 379 g/mol.